The Morgan fingerprint density at radius 2 is 1.96 bits per heavy atom. The summed E-state index contributed by atoms with van der Waals surface area (Å²) < 4.78 is 2.07. The first-order valence-corrected chi connectivity index (χ1v) is 8.16. The first-order valence-electron chi connectivity index (χ1n) is 7.28. The molecule has 2 aromatic heterocycles. The van der Waals surface area contributed by atoms with Crippen LogP contribution < -0.4 is 5.43 Å². The van der Waals surface area contributed by atoms with Gasteiger partial charge in [0.2, 0.25) is 0 Å². The molecule has 1 amide bonds. The number of aromatic nitrogens is 1. The van der Waals surface area contributed by atoms with Crippen LogP contribution in [0.5, 0.6) is 0 Å². The first kappa shape index (κ1) is 15.2. The van der Waals surface area contributed by atoms with Crippen LogP contribution in [0.1, 0.15) is 26.6 Å². The van der Waals surface area contributed by atoms with Crippen molar-refractivity contribution in [3.63, 3.8) is 0 Å². The van der Waals surface area contributed by atoms with Gasteiger partial charge in [0.1, 0.15) is 0 Å². The van der Waals surface area contributed by atoms with Crippen molar-refractivity contribution >= 4 is 23.5 Å². The molecule has 1 aromatic carbocycles. The lowest BCUT2D eigenvalue weighted by Crippen LogP contribution is -2.18. The minimum absolute atomic E-state index is 0.201. The lowest BCUT2D eigenvalue weighted by atomic mass is 10.2. The molecule has 0 unspecified atom stereocenters. The van der Waals surface area contributed by atoms with Crippen LogP contribution in [-0.4, -0.2) is 16.7 Å². The van der Waals surface area contributed by atoms with Gasteiger partial charge in [0.15, 0.2) is 0 Å². The fraction of sp³-hybridized carbons (Fsp3) is 0.111. The highest BCUT2D eigenvalue weighted by atomic mass is 32.1. The number of thiophene rings is 1. The number of benzene rings is 1. The molecule has 23 heavy (non-hydrogen) atoms. The van der Waals surface area contributed by atoms with Crippen molar-refractivity contribution in [1.29, 1.82) is 0 Å². The number of aryl methyl sites for hydroxylation is 1. The number of amides is 1. The van der Waals surface area contributed by atoms with Crippen LogP contribution in [0.2, 0.25) is 0 Å². The van der Waals surface area contributed by atoms with Gasteiger partial charge in [-0.1, -0.05) is 24.3 Å². The summed E-state index contributed by atoms with van der Waals surface area (Å²) in [5.74, 6) is -0.201. The first-order chi connectivity index (χ1) is 11.2. The average Bonchev–Trinajstić information content (AvgIpc) is 3.16. The summed E-state index contributed by atoms with van der Waals surface area (Å²) >= 11 is 1.57. The Hall–Kier alpha value is -2.66. The topological polar surface area (TPSA) is 46.4 Å². The molecule has 4 nitrogen and oxygen atoms in total. The van der Waals surface area contributed by atoms with Crippen molar-refractivity contribution in [2.75, 3.05) is 0 Å². The van der Waals surface area contributed by atoms with Gasteiger partial charge < -0.3 is 4.57 Å². The quantitative estimate of drug-likeness (QED) is 0.574. The highest BCUT2D eigenvalue weighted by molar-refractivity contribution is 7.11. The third-order valence-electron chi connectivity index (χ3n) is 3.59. The maximum atomic E-state index is 12.4. The van der Waals surface area contributed by atoms with Gasteiger partial charge in [0, 0.05) is 22.0 Å². The zero-order valence-electron chi connectivity index (χ0n) is 13.0. The maximum Gasteiger partial charge on any atom is 0.273 e. The van der Waals surface area contributed by atoms with E-state index in [1.54, 1.807) is 17.6 Å². The van der Waals surface area contributed by atoms with E-state index in [1.165, 1.54) is 0 Å². The Morgan fingerprint density at radius 1 is 1.17 bits per heavy atom. The van der Waals surface area contributed by atoms with Crippen molar-refractivity contribution in [2.24, 2.45) is 5.10 Å². The largest absolute Gasteiger partial charge is 0.318 e. The van der Waals surface area contributed by atoms with Crippen LogP contribution in [0.3, 0.4) is 0 Å². The van der Waals surface area contributed by atoms with E-state index in [0.717, 1.165) is 22.0 Å². The van der Waals surface area contributed by atoms with Crippen LogP contribution >= 0.6 is 11.3 Å². The SMILES string of the molecule is Cc1cc(C(=O)N/N=C/c2cccs2)c(C)n1-c1ccccc1. The van der Waals surface area contributed by atoms with Gasteiger partial charge in [0.05, 0.1) is 11.8 Å². The normalized spacial score (nSPS) is 11.0. The number of carbonyl (C=O) groups excluding carboxylic acids is 1. The van der Waals surface area contributed by atoms with Crippen LogP contribution in [0.25, 0.3) is 5.69 Å². The summed E-state index contributed by atoms with van der Waals surface area (Å²) in [5, 5.41) is 5.99. The number of rotatable bonds is 4. The Balaban J connectivity index is 1.82. The van der Waals surface area contributed by atoms with Crippen LogP contribution in [0, 0.1) is 13.8 Å². The summed E-state index contributed by atoms with van der Waals surface area (Å²) in [7, 11) is 0. The Labute approximate surface area is 139 Å². The molecule has 0 aliphatic carbocycles. The number of hydrazone groups is 1. The third-order valence-corrected chi connectivity index (χ3v) is 4.40. The molecular weight excluding hydrogens is 306 g/mol. The smallest absolute Gasteiger partial charge is 0.273 e. The molecule has 3 rings (SSSR count). The molecular formula is C18H17N3OS. The average molecular weight is 323 g/mol. The zero-order chi connectivity index (χ0) is 16.2. The number of hydrogen-bond donors (Lipinski definition) is 1. The number of nitrogens with one attached hydrogen (secondary N) is 1. The molecule has 0 spiro atoms. The van der Waals surface area contributed by atoms with E-state index in [9.17, 15) is 4.79 Å². The van der Waals surface area contributed by atoms with E-state index in [0.29, 0.717) is 5.56 Å². The second-order valence-electron chi connectivity index (χ2n) is 5.17. The molecule has 0 saturated heterocycles. The third kappa shape index (κ3) is 3.24. The van der Waals surface area contributed by atoms with Crippen LogP contribution in [0.4, 0.5) is 0 Å². The molecule has 5 heteroatoms. The van der Waals surface area contributed by atoms with Crippen molar-refractivity contribution in [3.8, 4) is 5.69 Å². The number of carbonyl (C=O) groups is 1. The number of para-hydroxylation sites is 1. The van der Waals surface area contributed by atoms with Crippen molar-refractivity contribution < 1.29 is 4.79 Å². The van der Waals surface area contributed by atoms with Gasteiger partial charge in [-0.25, -0.2) is 5.43 Å². The van der Waals surface area contributed by atoms with E-state index < -0.39 is 0 Å². The van der Waals surface area contributed by atoms with Gasteiger partial charge in [-0.2, -0.15) is 5.10 Å². The van der Waals surface area contributed by atoms with E-state index in [1.807, 2.05) is 67.8 Å². The Morgan fingerprint density at radius 3 is 2.65 bits per heavy atom. The number of hydrogen-bond acceptors (Lipinski definition) is 3. The maximum absolute atomic E-state index is 12.4. The molecule has 116 valence electrons. The Kier molecular flexibility index (Phi) is 4.39. The second kappa shape index (κ2) is 6.62. The van der Waals surface area contributed by atoms with E-state index in [4.69, 9.17) is 0 Å². The zero-order valence-corrected chi connectivity index (χ0v) is 13.8. The predicted molar refractivity (Wildman–Crippen MR) is 94.6 cm³/mol. The summed E-state index contributed by atoms with van der Waals surface area (Å²) in [6, 6.07) is 15.8. The second-order valence-corrected chi connectivity index (χ2v) is 6.15. The van der Waals surface area contributed by atoms with Crippen LogP contribution in [-0.2, 0) is 0 Å². The molecule has 0 bridgehead atoms. The van der Waals surface area contributed by atoms with Gasteiger partial charge in [-0.05, 0) is 43.5 Å². The van der Waals surface area contributed by atoms with E-state index >= 15 is 0 Å². The highest BCUT2D eigenvalue weighted by Gasteiger charge is 2.16. The molecule has 0 radical (unpaired) electrons. The van der Waals surface area contributed by atoms with Crippen molar-refractivity contribution in [1.82, 2.24) is 9.99 Å². The minimum atomic E-state index is -0.201. The fourth-order valence-corrected chi connectivity index (χ4v) is 3.13. The van der Waals surface area contributed by atoms with Gasteiger partial charge in [-0.15, -0.1) is 11.3 Å². The van der Waals surface area contributed by atoms with E-state index in [-0.39, 0.29) is 5.91 Å². The highest BCUT2D eigenvalue weighted by Crippen LogP contribution is 2.20. The lowest BCUT2D eigenvalue weighted by Gasteiger charge is -2.09. The summed E-state index contributed by atoms with van der Waals surface area (Å²) in [6.07, 6.45) is 1.65. The molecule has 0 atom stereocenters. The standard InChI is InChI=1S/C18H17N3OS/c1-13-11-17(14(2)21(13)15-7-4-3-5-8-15)18(22)20-19-12-16-9-6-10-23-16/h3-12H,1-2H3,(H,20,22)/b19-12+. The Bertz CT molecular complexity index is 833. The van der Waals surface area contributed by atoms with Gasteiger partial charge in [-0.3, -0.25) is 4.79 Å². The van der Waals surface area contributed by atoms with E-state index in [2.05, 4.69) is 15.1 Å². The molecule has 0 saturated carbocycles. The minimum Gasteiger partial charge on any atom is -0.318 e. The van der Waals surface area contributed by atoms with Crippen molar-refractivity contribution in [3.05, 3.63) is 75.7 Å². The molecule has 0 fully saturated rings. The van der Waals surface area contributed by atoms with Gasteiger partial charge >= 0.3 is 0 Å². The summed E-state index contributed by atoms with van der Waals surface area (Å²) in [5.41, 5.74) is 6.19. The lowest BCUT2D eigenvalue weighted by molar-refractivity contribution is 0.0954. The fourth-order valence-electron chi connectivity index (χ4n) is 2.55. The predicted octanol–water partition coefficient (Wildman–Crippen LogP) is 3.92. The number of nitrogens with zero attached hydrogens (tertiary/aromatic N) is 2. The molecule has 3 aromatic rings. The molecule has 2 heterocycles. The van der Waals surface area contributed by atoms with Gasteiger partial charge in [0.25, 0.3) is 5.91 Å². The van der Waals surface area contributed by atoms with Crippen LogP contribution in [0.15, 0.2) is 59.0 Å². The summed E-state index contributed by atoms with van der Waals surface area (Å²) in [6.45, 7) is 3.93. The summed E-state index contributed by atoms with van der Waals surface area (Å²) in [4.78, 5) is 13.4. The molecule has 1 N–H and O–H groups in total. The monoisotopic (exact) mass is 323 g/mol. The molecule has 0 aliphatic heterocycles. The van der Waals surface area contributed by atoms with Crippen molar-refractivity contribution in [2.45, 2.75) is 13.8 Å². The molecule has 0 aliphatic rings.